The lowest BCUT2D eigenvalue weighted by Gasteiger charge is -2.13. The van der Waals surface area contributed by atoms with E-state index in [1.54, 1.807) is 13.2 Å². The van der Waals surface area contributed by atoms with Gasteiger partial charge in [0.2, 0.25) is 10.0 Å². The van der Waals surface area contributed by atoms with Crippen molar-refractivity contribution in [1.29, 1.82) is 0 Å². The first-order valence-corrected chi connectivity index (χ1v) is 11.7. The number of nitrogens with zero attached hydrogens (tertiary/aromatic N) is 3. The molecule has 0 saturated heterocycles. The Bertz CT molecular complexity index is 1100. The maximum absolute atomic E-state index is 11.7. The van der Waals surface area contributed by atoms with Gasteiger partial charge in [-0.25, -0.2) is 17.8 Å². The summed E-state index contributed by atoms with van der Waals surface area (Å²) in [6.45, 7) is 1.28. The zero-order chi connectivity index (χ0) is 22.1. The second-order valence-corrected chi connectivity index (χ2v) is 8.93. The number of hydrogen-bond acceptors (Lipinski definition) is 4. The summed E-state index contributed by atoms with van der Waals surface area (Å²) in [6, 6.07) is 17.7. The molecule has 0 bridgehead atoms. The second-order valence-electron chi connectivity index (χ2n) is 7.00. The minimum atomic E-state index is -3.29. The van der Waals surface area contributed by atoms with Crippen molar-refractivity contribution < 1.29 is 8.42 Å². The molecule has 0 spiro atoms. The van der Waals surface area contributed by atoms with E-state index in [9.17, 15) is 8.42 Å². The van der Waals surface area contributed by atoms with Crippen LogP contribution < -0.4 is 15.4 Å². The SMILES string of the molecule is CN=C(NCCc1ccc(-n2cccn2)cc1)NCc1cccc(CS(=O)(=O)NC)c1.I. The second kappa shape index (κ2) is 12.6. The quantitative estimate of drug-likeness (QED) is 0.209. The molecule has 0 atom stereocenters. The standard InChI is InChI=1S/C22H28N6O2S.HI/c1-23-22(26-16-19-5-3-6-20(15-19)17-31(29,30)24-2)25-13-11-18-7-9-21(10-8-18)28-14-4-12-27-28;/h3-10,12,14-15,24H,11,13,16-17H2,1-2H3,(H2,23,25,26);1H. The topological polar surface area (TPSA) is 100 Å². The molecule has 3 aromatic rings. The molecule has 0 unspecified atom stereocenters. The van der Waals surface area contributed by atoms with Crippen LogP contribution in [0.15, 0.2) is 72.0 Å². The third-order valence-electron chi connectivity index (χ3n) is 4.75. The van der Waals surface area contributed by atoms with Crippen molar-refractivity contribution in [2.24, 2.45) is 4.99 Å². The number of guanidine groups is 1. The van der Waals surface area contributed by atoms with Crippen molar-refractivity contribution in [3.63, 3.8) is 0 Å². The van der Waals surface area contributed by atoms with Gasteiger partial charge >= 0.3 is 0 Å². The van der Waals surface area contributed by atoms with E-state index in [0.29, 0.717) is 12.5 Å². The Morgan fingerprint density at radius 3 is 2.44 bits per heavy atom. The molecule has 0 aliphatic rings. The lowest BCUT2D eigenvalue weighted by molar-refractivity contribution is 0.587. The lowest BCUT2D eigenvalue weighted by atomic mass is 10.1. The molecule has 0 aliphatic carbocycles. The van der Waals surface area contributed by atoms with E-state index in [1.807, 2.05) is 41.2 Å². The van der Waals surface area contributed by atoms with Crippen molar-refractivity contribution in [1.82, 2.24) is 25.1 Å². The first-order valence-electron chi connectivity index (χ1n) is 10.0. The van der Waals surface area contributed by atoms with Gasteiger partial charge in [-0.2, -0.15) is 5.10 Å². The number of hydrogen-bond donors (Lipinski definition) is 3. The number of rotatable bonds is 9. The summed E-state index contributed by atoms with van der Waals surface area (Å²) in [4.78, 5) is 4.25. The van der Waals surface area contributed by atoms with E-state index in [2.05, 4.69) is 49.7 Å². The van der Waals surface area contributed by atoms with Crippen molar-refractivity contribution in [3.8, 4) is 5.69 Å². The molecule has 3 rings (SSSR count). The number of sulfonamides is 1. The molecule has 0 amide bonds. The Labute approximate surface area is 206 Å². The van der Waals surface area contributed by atoms with Gasteiger partial charge in [0.05, 0.1) is 11.4 Å². The van der Waals surface area contributed by atoms with Gasteiger partial charge in [-0.15, -0.1) is 24.0 Å². The van der Waals surface area contributed by atoms with Crippen LogP contribution in [0.3, 0.4) is 0 Å². The highest BCUT2D eigenvalue weighted by Gasteiger charge is 2.09. The molecule has 0 aliphatic heterocycles. The summed E-state index contributed by atoms with van der Waals surface area (Å²) in [5.41, 5.74) is 3.98. The van der Waals surface area contributed by atoms with Crippen LogP contribution in [0, 0.1) is 0 Å². The average Bonchev–Trinajstić information content (AvgIpc) is 3.31. The van der Waals surface area contributed by atoms with Gasteiger partial charge in [-0.1, -0.05) is 36.4 Å². The van der Waals surface area contributed by atoms with Crippen LogP contribution in [0.4, 0.5) is 0 Å². The number of aliphatic imine (C=N–C) groups is 1. The Kier molecular flexibility index (Phi) is 10.1. The summed E-state index contributed by atoms with van der Waals surface area (Å²) in [7, 11) is -0.143. The molecule has 0 fully saturated rings. The molecule has 8 nitrogen and oxygen atoms in total. The lowest BCUT2D eigenvalue weighted by Crippen LogP contribution is -2.37. The fourth-order valence-electron chi connectivity index (χ4n) is 3.09. The van der Waals surface area contributed by atoms with Gasteiger partial charge in [0.15, 0.2) is 5.96 Å². The van der Waals surface area contributed by atoms with E-state index in [-0.39, 0.29) is 29.7 Å². The summed E-state index contributed by atoms with van der Waals surface area (Å²) in [5, 5.41) is 10.8. The van der Waals surface area contributed by atoms with Crippen LogP contribution in [0.2, 0.25) is 0 Å². The third-order valence-corrected chi connectivity index (χ3v) is 6.09. The molecule has 172 valence electrons. The van der Waals surface area contributed by atoms with Crippen molar-refractivity contribution in [2.45, 2.75) is 18.7 Å². The Balaban J connectivity index is 0.00000363. The molecule has 3 N–H and O–H groups in total. The van der Waals surface area contributed by atoms with Crippen molar-refractivity contribution in [2.75, 3.05) is 20.6 Å². The largest absolute Gasteiger partial charge is 0.356 e. The van der Waals surface area contributed by atoms with Crippen LogP contribution in [-0.4, -0.2) is 44.8 Å². The minimum absolute atomic E-state index is 0. The Hall–Kier alpha value is -2.44. The molecule has 32 heavy (non-hydrogen) atoms. The summed E-state index contributed by atoms with van der Waals surface area (Å²) < 4.78 is 27.7. The van der Waals surface area contributed by atoms with Crippen LogP contribution in [0.1, 0.15) is 16.7 Å². The number of aromatic nitrogens is 2. The van der Waals surface area contributed by atoms with E-state index < -0.39 is 10.0 Å². The molecule has 1 aromatic heterocycles. The molecule has 1 heterocycles. The van der Waals surface area contributed by atoms with E-state index >= 15 is 0 Å². The van der Waals surface area contributed by atoms with Gasteiger partial charge in [0.1, 0.15) is 0 Å². The van der Waals surface area contributed by atoms with Crippen LogP contribution in [0.25, 0.3) is 5.69 Å². The first kappa shape index (κ1) is 25.8. The molecule has 2 aromatic carbocycles. The Morgan fingerprint density at radius 1 is 1.03 bits per heavy atom. The summed E-state index contributed by atoms with van der Waals surface area (Å²) in [6.07, 6.45) is 4.54. The maximum atomic E-state index is 11.7. The predicted molar refractivity (Wildman–Crippen MR) is 139 cm³/mol. The van der Waals surface area contributed by atoms with Crippen molar-refractivity contribution >= 4 is 40.0 Å². The minimum Gasteiger partial charge on any atom is -0.356 e. The molecule has 10 heteroatoms. The molecule has 0 radical (unpaired) electrons. The van der Waals surface area contributed by atoms with Gasteiger partial charge in [0.25, 0.3) is 0 Å². The number of halogens is 1. The van der Waals surface area contributed by atoms with Crippen LogP contribution >= 0.6 is 24.0 Å². The van der Waals surface area contributed by atoms with Crippen LogP contribution in [-0.2, 0) is 28.7 Å². The smallest absolute Gasteiger partial charge is 0.215 e. The summed E-state index contributed by atoms with van der Waals surface area (Å²) >= 11 is 0. The maximum Gasteiger partial charge on any atom is 0.215 e. The van der Waals surface area contributed by atoms with Gasteiger partial charge in [-0.05, 0) is 48.4 Å². The highest BCUT2D eigenvalue weighted by atomic mass is 127. The fourth-order valence-corrected chi connectivity index (χ4v) is 3.85. The van der Waals surface area contributed by atoms with Crippen LogP contribution in [0.5, 0.6) is 0 Å². The van der Waals surface area contributed by atoms with E-state index in [1.165, 1.54) is 12.6 Å². The monoisotopic (exact) mass is 568 g/mol. The highest BCUT2D eigenvalue weighted by molar-refractivity contribution is 14.0. The van der Waals surface area contributed by atoms with Gasteiger partial charge < -0.3 is 10.6 Å². The van der Waals surface area contributed by atoms with Crippen molar-refractivity contribution in [3.05, 3.63) is 83.7 Å². The fraction of sp³-hybridized carbons (Fsp3) is 0.273. The number of nitrogens with one attached hydrogen (secondary N) is 3. The highest BCUT2D eigenvalue weighted by Crippen LogP contribution is 2.10. The zero-order valence-electron chi connectivity index (χ0n) is 18.2. The van der Waals surface area contributed by atoms with Gasteiger partial charge in [-0.3, -0.25) is 4.99 Å². The average molecular weight is 568 g/mol. The summed E-state index contributed by atoms with van der Waals surface area (Å²) in [5.74, 6) is 0.658. The molecular formula is C22H29IN6O2S. The third kappa shape index (κ3) is 7.92. The number of benzene rings is 2. The Morgan fingerprint density at radius 2 is 1.78 bits per heavy atom. The van der Waals surface area contributed by atoms with Gasteiger partial charge in [0, 0.05) is 32.5 Å². The zero-order valence-corrected chi connectivity index (χ0v) is 21.3. The normalized spacial score (nSPS) is 11.6. The molecule has 0 saturated carbocycles. The first-order chi connectivity index (χ1) is 15.0. The van der Waals surface area contributed by atoms with E-state index in [0.717, 1.165) is 29.8 Å². The predicted octanol–water partition coefficient (Wildman–Crippen LogP) is 2.45. The van der Waals surface area contributed by atoms with E-state index in [4.69, 9.17) is 0 Å². The molecular weight excluding hydrogens is 539 g/mol.